The third kappa shape index (κ3) is 7.15. The number of allylic oxidation sites excluding steroid dienone is 6. The predicted octanol–water partition coefficient (Wildman–Crippen LogP) is 4.90. The molecule has 0 aliphatic carbocycles. The maximum Gasteiger partial charge on any atom is 0.306 e. The molecule has 1 N–H and O–H groups in total. The third-order valence-corrected chi connectivity index (χ3v) is 5.00. The average molecular weight is 397 g/mol. The van der Waals surface area contributed by atoms with E-state index < -0.39 is 12.2 Å². The molecule has 0 aromatic carbocycles. The van der Waals surface area contributed by atoms with Gasteiger partial charge in [0.2, 0.25) is 0 Å². The van der Waals surface area contributed by atoms with Gasteiger partial charge in [-0.15, -0.1) is 0 Å². The molecule has 0 bridgehead atoms. The monoisotopic (exact) mass is 396 g/mol. The molecule has 4 nitrogen and oxygen atoms in total. The highest BCUT2D eigenvalue weighted by Gasteiger charge is 2.47. The Bertz CT molecular complexity index is 768. The van der Waals surface area contributed by atoms with E-state index in [1.807, 2.05) is 31.2 Å². The van der Waals surface area contributed by atoms with Crippen molar-refractivity contribution in [2.45, 2.75) is 63.4 Å². The number of ether oxygens (including phenoxy) is 2. The summed E-state index contributed by atoms with van der Waals surface area (Å²) in [4.78, 5) is 12.3. The summed E-state index contributed by atoms with van der Waals surface area (Å²) in [5.74, 6) is -0.289. The number of hydrogen-bond donors (Lipinski definition) is 1. The second-order valence-corrected chi connectivity index (χ2v) is 7.81. The highest BCUT2D eigenvalue weighted by Crippen LogP contribution is 2.37. The molecule has 0 amide bonds. The van der Waals surface area contributed by atoms with E-state index in [4.69, 9.17) is 9.47 Å². The lowest BCUT2D eigenvalue weighted by Crippen LogP contribution is -2.23. The van der Waals surface area contributed by atoms with Gasteiger partial charge in [0, 0.05) is 12.8 Å². The lowest BCUT2D eigenvalue weighted by molar-refractivity contribution is -0.146. The Morgan fingerprint density at radius 3 is 2.55 bits per heavy atom. The highest BCUT2D eigenvalue weighted by atomic mass is 16.6. The van der Waals surface area contributed by atoms with Crippen molar-refractivity contribution >= 4 is 5.97 Å². The minimum Gasteiger partial charge on any atom is -0.458 e. The van der Waals surface area contributed by atoms with Crippen LogP contribution in [0.15, 0.2) is 85.1 Å². The van der Waals surface area contributed by atoms with E-state index in [0.717, 1.165) is 22.3 Å². The number of aliphatic hydroxyl groups excluding tert-OH is 1. The standard InChI is InChI=1S/C25H32O4/c1-16(2)10-8-7-9-11-21-15-20(6)24-25(29-24)23(27)19(5)14-18(4)17(3)12-13-22(26)28-21/h8-11,21,23-25,27H,1,3-7,12-15H2,2H3. The minimum absolute atomic E-state index is 0.224. The van der Waals surface area contributed by atoms with Crippen molar-refractivity contribution in [3.63, 3.8) is 0 Å². The zero-order chi connectivity index (χ0) is 21.6. The molecule has 4 unspecified atom stereocenters. The van der Waals surface area contributed by atoms with Crippen LogP contribution in [-0.4, -0.2) is 35.5 Å². The average Bonchev–Trinajstić information content (AvgIpc) is 3.44. The Kier molecular flexibility index (Phi) is 8.18. The fraction of sp³-hybridized carbons (Fsp3) is 0.400. The summed E-state index contributed by atoms with van der Waals surface area (Å²) in [5, 5.41) is 10.5. The first-order chi connectivity index (χ1) is 13.7. The van der Waals surface area contributed by atoms with Gasteiger partial charge in [0.15, 0.2) is 0 Å². The van der Waals surface area contributed by atoms with Gasteiger partial charge in [0.05, 0.1) is 0 Å². The predicted molar refractivity (Wildman–Crippen MR) is 117 cm³/mol. The maximum atomic E-state index is 12.3. The largest absolute Gasteiger partial charge is 0.458 e. The van der Waals surface area contributed by atoms with Gasteiger partial charge in [-0.2, -0.15) is 0 Å². The van der Waals surface area contributed by atoms with Gasteiger partial charge in [0.25, 0.3) is 0 Å². The normalized spacial score (nSPS) is 29.7. The van der Waals surface area contributed by atoms with Gasteiger partial charge in [-0.3, -0.25) is 4.79 Å². The number of carbonyl (C=O) groups excluding carboxylic acids is 1. The minimum atomic E-state index is -0.784. The number of epoxide rings is 1. The summed E-state index contributed by atoms with van der Waals surface area (Å²) in [7, 11) is 0. The van der Waals surface area contributed by atoms with Crippen LogP contribution in [0.2, 0.25) is 0 Å². The van der Waals surface area contributed by atoms with Crippen LogP contribution in [0.25, 0.3) is 0 Å². The molecule has 2 aliphatic heterocycles. The highest BCUT2D eigenvalue weighted by molar-refractivity contribution is 5.70. The number of esters is 1. The fourth-order valence-electron chi connectivity index (χ4n) is 3.19. The molecule has 29 heavy (non-hydrogen) atoms. The fourth-order valence-corrected chi connectivity index (χ4v) is 3.19. The molecule has 156 valence electrons. The first kappa shape index (κ1) is 22.9. The van der Waals surface area contributed by atoms with Crippen LogP contribution in [-0.2, 0) is 14.3 Å². The van der Waals surface area contributed by atoms with Gasteiger partial charge < -0.3 is 14.6 Å². The van der Waals surface area contributed by atoms with E-state index in [-0.39, 0.29) is 24.6 Å². The lowest BCUT2D eigenvalue weighted by atomic mass is 9.92. The van der Waals surface area contributed by atoms with Crippen LogP contribution in [0.1, 0.15) is 39.0 Å². The van der Waals surface area contributed by atoms with E-state index in [1.165, 1.54) is 0 Å². The zero-order valence-electron chi connectivity index (χ0n) is 17.4. The van der Waals surface area contributed by atoms with Crippen LogP contribution in [0.3, 0.4) is 0 Å². The first-order valence-electron chi connectivity index (χ1n) is 9.92. The maximum absolute atomic E-state index is 12.3. The van der Waals surface area contributed by atoms with Crippen LogP contribution in [0, 0.1) is 0 Å². The Hall–Kier alpha value is -2.43. The molecule has 0 aromatic rings. The van der Waals surface area contributed by atoms with Crippen LogP contribution >= 0.6 is 0 Å². The molecule has 2 fully saturated rings. The number of cyclic esters (lactones) is 1. The molecule has 4 heteroatoms. The van der Waals surface area contributed by atoms with E-state index in [0.29, 0.717) is 31.3 Å². The van der Waals surface area contributed by atoms with Gasteiger partial charge in [-0.05, 0) is 49.0 Å². The summed E-state index contributed by atoms with van der Waals surface area (Å²) in [5.41, 5.74) is 3.94. The van der Waals surface area contributed by atoms with Crippen molar-refractivity contribution in [1.82, 2.24) is 0 Å². The SMILES string of the molecule is C=C(C)C=CCC=CC1CC(=C)C2OC2C(O)C(=C)CC(=C)C(=C)CCC(=O)O1. The van der Waals surface area contributed by atoms with Crippen LogP contribution < -0.4 is 0 Å². The van der Waals surface area contributed by atoms with Crippen molar-refractivity contribution < 1.29 is 19.4 Å². The van der Waals surface area contributed by atoms with Gasteiger partial charge in [-0.1, -0.05) is 62.3 Å². The van der Waals surface area contributed by atoms with E-state index >= 15 is 0 Å². The smallest absolute Gasteiger partial charge is 0.306 e. The van der Waals surface area contributed by atoms with Gasteiger partial charge >= 0.3 is 5.97 Å². The Balaban J connectivity index is 2.11. The topological polar surface area (TPSA) is 59.1 Å². The number of rotatable bonds is 4. The van der Waals surface area contributed by atoms with E-state index in [2.05, 4.69) is 32.9 Å². The second-order valence-electron chi connectivity index (χ2n) is 7.81. The summed E-state index contributed by atoms with van der Waals surface area (Å²) in [6.45, 7) is 21.8. The summed E-state index contributed by atoms with van der Waals surface area (Å²) in [6.07, 6.45) is 8.19. The Labute approximate surface area is 174 Å². The molecule has 0 radical (unpaired) electrons. The summed E-state index contributed by atoms with van der Waals surface area (Å²) in [6, 6.07) is 0. The van der Waals surface area contributed by atoms with Crippen LogP contribution in [0.5, 0.6) is 0 Å². The number of aliphatic hydroxyl groups is 1. The quantitative estimate of drug-likeness (QED) is 0.318. The number of hydrogen-bond acceptors (Lipinski definition) is 4. The summed E-state index contributed by atoms with van der Waals surface area (Å²) < 4.78 is 11.3. The van der Waals surface area contributed by atoms with Crippen molar-refractivity contribution in [2.75, 3.05) is 0 Å². The molecule has 2 rings (SSSR count). The van der Waals surface area contributed by atoms with Crippen molar-refractivity contribution in [3.05, 3.63) is 85.1 Å². The zero-order valence-corrected chi connectivity index (χ0v) is 17.4. The molecular weight excluding hydrogens is 364 g/mol. The summed E-state index contributed by atoms with van der Waals surface area (Å²) >= 11 is 0. The van der Waals surface area contributed by atoms with Crippen LogP contribution in [0.4, 0.5) is 0 Å². The molecule has 4 atom stereocenters. The van der Waals surface area contributed by atoms with E-state index in [9.17, 15) is 9.90 Å². The van der Waals surface area contributed by atoms with Gasteiger partial charge in [-0.25, -0.2) is 0 Å². The van der Waals surface area contributed by atoms with Crippen molar-refractivity contribution in [1.29, 1.82) is 0 Å². The molecule has 0 saturated carbocycles. The Morgan fingerprint density at radius 2 is 1.86 bits per heavy atom. The van der Waals surface area contributed by atoms with Crippen molar-refractivity contribution in [2.24, 2.45) is 0 Å². The van der Waals surface area contributed by atoms with Crippen molar-refractivity contribution in [3.8, 4) is 0 Å². The lowest BCUT2D eigenvalue weighted by Gasteiger charge is -2.18. The molecule has 0 spiro atoms. The molecule has 0 aromatic heterocycles. The molecule has 2 heterocycles. The molecule has 2 saturated heterocycles. The number of carbonyl (C=O) groups is 1. The third-order valence-electron chi connectivity index (χ3n) is 5.00. The van der Waals surface area contributed by atoms with Gasteiger partial charge in [0.1, 0.15) is 24.4 Å². The van der Waals surface area contributed by atoms with E-state index in [1.54, 1.807) is 0 Å². The molecular formula is C25H32O4. The Morgan fingerprint density at radius 1 is 1.14 bits per heavy atom. The first-order valence-corrected chi connectivity index (χ1v) is 9.92. The number of fused-ring (bicyclic) bond motifs is 1. The molecule has 2 aliphatic rings. The second kappa shape index (κ2) is 10.4.